The van der Waals surface area contributed by atoms with E-state index in [1.54, 1.807) is 60.8 Å². The van der Waals surface area contributed by atoms with Gasteiger partial charge in [0.05, 0.1) is 49.7 Å². The molecule has 0 spiro atoms. The number of primary amides is 1. The normalized spacial score (nSPS) is 13.6. The summed E-state index contributed by atoms with van der Waals surface area (Å²) in [4.78, 5) is 34.5. The number of ether oxygens (including phenoxy) is 4. The Bertz CT molecular complexity index is 2430. The molecular weight excluding hydrogens is 775 g/mol. The Kier molecular flexibility index (Phi) is 13.1. The van der Waals surface area contributed by atoms with Crippen molar-refractivity contribution in [1.29, 1.82) is 0 Å². The van der Waals surface area contributed by atoms with Gasteiger partial charge < -0.3 is 35.3 Å². The first-order chi connectivity index (χ1) is 28.1. The molecule has 5 aromatic rings. The summed E-state index contributed by atoms with van der Waals surface area (Å²) in [7, 11) is -0.803. The van der Waals surface area contributed by atoms with Gasteiger partial charge in [-0.2, -0.15) is 0 Å². The number of amides is 3. The third-order valence-electron chi connectivity index (χ3n) is 9.70. The van der Waals surface area contributed by atoms with Gasteiger partial charge in [-0.1, -0.05) is 45.0 Å². The van der Waals surface area contributed by atoms with Gasteiger partial charge in [0.15, 0.2) is 5.75 Å². The average molecular weight is 826 g/mol. The summed E-state index contributed by atoms with van der Waals surface area (Å²) >= 11 is 0. The number of carbonyl (C=O) groups excluding carboxylic acids is 2. The molecule has 4 aromatic carbocycles. The second kappa shape index (κ2) is 18.2. The van der Waals surface area contributed by atoms with Crippen molar-refractivity contribution in [1.82, 2.24) is 15.2 Å². The molecule has 0 radical (unpaired) electrons. The zero-order chi connectivity index (χ0) is 42.3. The number of hydrogen-bond donors (Lipinski definition) is 4. The second-order valence-corrected chi connectivity index (χ2v) is 16.8. The lowest BCUT2D eigenvalue weighted by Gasteiger charge is -2.29. The smallest absolute Gasteiger partial charge is 0.324 e. The minimum Gasteiger partial charge on any atom is -0.496 e. The van der Waals surface area contributed by atoms with E-state index in [1.165, 1.54) is 19.1 Å². The van der Waals surface area contributed by atoms with E-state index in [-0.39, 0.29) is 23.0 Å². The molecule has 6 rings (SSSR count). The molecule has 16 heteroatoms. The van der Waals surface area contributed by atoms with E-state index in [4.69, 9.17) is 24.7 Å². The van der Waals surface area contributed by atoms with Gasteiger partial charge in [-0.3, -0.25) is 19.3 Å². The molecule has 5 N–H and O–H groups in total. The van der Waals surface area contributed by atoms with E-state index in [0.29, 0.717) is 63.9 Å². The molecule has 1 aliphatic heterocycles. The maximum Gasteiger partial charge on any atom is 0.324 e. The maximum absolute atomic E-state index is 13.4. The molecule has 2 heterocycles. The number of nitrogens with zero attached hydrogens (tertiary/aromatic N) is 3. The van der Waals surface area contributed by atoms with Gasteiger partial charge in [0.25, 0.3) is 5.91 Å². The van der Waals surface area contributed by atoms with Gasteiger partial charge in [-0.05, 0) is 59.9 Å². The van der Waals surface area contributed by atoms with E-state index < -0.39 is 21.5 Å². The van der Waals surface area contributed by atoms with Crippen LogP contribution in [-0.4, -0.2) is 90.1 Å². The summed E-state index contributed by atoms with van der Waals surface area (Å²) < 4.78 is 50.6. The number of carbonyl (C=O) groups is 2. The van der Waals surface area contributed by atoms with Crippen LogP contribution in [0.4, 0.5) is 33.4 Å². The Balaban J connectivity index is 1.25. The fraction of sp³-hybridized carbons (Fsp3) is 0.326. The SMILES string of the molecule is COc1cc(Nc2cc(Oc3ccc(N(C(N)=O)c4cc(C(C)(C)C)cc(NS(C)(=O)=O)c4OC)c4ccccc34)ccn2)ccc1C(=O)NCCN1CCCOCC1. The van der Waals surface area contributed by atoms with Gasteiger partial charge in [-0.15, -0.1) is 0 Å². The molecule has 1 saturated heterocycles. The third-order valence-corrected chi connectivity index (χ3v) is 10.3. The Labute approximate surface area is 344 Å². The summed E-state index contributed by atoms with van der Waals surface area (Å²) in [6.07, 6.45) is 3.63. The van der Waals surface area contributed by atoms with Crippen molar-refractivity contribution >= 4 is 61.3 Å². The third kappa shape index (κ3) is 10.5. The maximum atomic E-state index is 13.4. The highest BCUT2D eigenvalue weighted by Gasteiger charge is 2.28. The number of anilines is 5. The van der Waals surface area contributed by atoms with Crippen LogP contribution in [0, 0.1) is 0 Å². The van der Waals surface area contributed by atoms with Crippen molar-refractivity contribution in [3.8, 4) is 23.0 Å². The van der Waals surface area contributed by atoms with E-state index in [9.17, 15) is 18.0 Å². The Morgan fingerprint density at radius 3 is 2.41 bits per heavy atom. The predicted molar refractivity (Wildman–Crippen MR) is 231 cm³/mol. The van der Waals surface area contributed by atoms with Crippen LogP contribution in [0.2, 0.25) is 0 Å². The zero-order valence-corrected chi connectivity index (χ0v) is 34.9. The van der Waals surface area contributed by atoms with E-state index in [2.05, 4.69) is 25.2 Å². The molecule has 1 aliphatic rings. The number of urea groups is 1. The highest BCUT2D eigenvalue weighted by Crippen LogP contribution is 2.46. The largest absolute Gasteiger partial charge is 0.496 e. The van der Waals surface area contributed by atoms with Crippen LogP contribution in [0.3, 0.4) is 0 Å². The molecule has 0 saturated carbocycles. The number of pyridine rings is 1. The molecule has 15 nitrogen and oxygen atoms in total. The summed E-state index contributed by atoms with van der Waals surface area (Å²) in [6, 6.07) is 22.1. The Hall–Kier alpha value is -6.10. The number of hydrogen-bond acceptors (Lipinski definition) is 11. The number of aromatic nitrogens is 1. The van der Waals surface area contributed by atoms with Crippen LogP contribution in [0.1, 0.15) is 43.1 Å². The van der Waals surface area contributed by atoms with Crippen LogP contribution in [0.5, 0.6) is 23.0 Å². The molecule has 59 heavy (non-hydrogen) atoms. The number of sulfonamides is 1. The molecule has 3 amide bonds. The Morgan fingerprint density at radius 2 is 1.69 bits per heavy atom. The number of fused-ring (bicyclic) bond motifs is 1. The van der Waals surface area contributed by atoms with Crippen LogP contribution < -0.4 is 40.2 Å². The van der Waals surface area contributed by atoms with Crippen LogP contribution in [0.15, 0.2) is 85.1 Å². The van der Waals surface area contributed by atoms with Gasteiger partial charge in [0.1, 0.15) is 23.1 Å². The van der Waals surface area contributed by atoms with Gasteiger partial charge in [0, 0.05) is 67.6 Å². The highest BCUT2D eigenvalue weighted by molar-refractivity contribution is 7.92. The number of rotatable bonds is 14. The Morgan fingerprint density at radius 1 is 0.915 bits per heavy atom. The molecule has 0 bridgehead atoms. The van der Waals surface area contributed by atoms with Crippen LogP contribution in [0.25, 0.3) is 10.8 Å². The summed E-state index contributed by atoms with van der Waals surface area (Å²) in [6.45, 7) is 10.4. The monoisotopic (exact) mass is 825 g/mol. The number of methoxy groups -OCH3 is 2. The standard InChI is InChI=1S/C43H51N7O8S/c1-43(2,3)28-24-34(48-59(6,53)54)40(56-5)36(25-28)50(42(44)52)35-14-15-37(32-11-8-7-10-31(32)35)58-30-16-17-45-39(27-30)47-29-12-13-33(38(26-29)55-4)41(51)46-18-20-49-19-9-22-57-23-21-49/h7-8,10-17,24-27,48H,9,18-23H2,1-6H3,(H2,44,52)(H,45,47)(H,46,51). The molecule has 312 valence electrons. The van der Waals surface area contributed by atoms with E-state index >= 15 is 0 Å². The van der Waals surface area contributed by atoms with E-state index in [1.807, 2.05) is 45.0 Å². The molecule has 1 fully saturated rings. The molecule has 0 unspecified atom stereocenters. The van der Waals surface area contributed by atoms with Crippen molar-refractivity contribution in [2.45, 2.75) is 32.6 Å². The molecule has 1 aromatic heterocycles. The summed E-state index contributed by atoms with van der Waals surface area (Å²) in [5, 5.41) is 7.56. The van der Waals surface area contributed by atoms with Gasteiger partial charge >= 0.3 is 6.03 Å². The number of nitrogens with two attached hydrogens (primary N) is 1. The molecule has 0 atom stereocenters. The van der Waals surface area contributed by atoms with Crippen LogP contribution in [-0.2, 0) is 20.2 Å². The predicted octanol–water partition coefficient (Wildman–Crippen LogP) is 7.13. The summed E-state index contributed by atoms with van der Waals surface area (Å²) in [5.41, 5.74) is 8.31. The highest BCUT2D eigenvalue weighted by atomic mass is 32.2. The van der Waals surface area contributed by atoms with E-state index in [0.717, 1.165) is 44.5 Å². The quantitative estimate of drug-likeness (QED) is 0.0893. The molecular formula is C43H51N7O8S. The van der Waals surface area contributed by atoms with Crippen molar-refractivity contribution in [2.24, 2.45) is 5.73 Å². The van der Waals surface area contributed by atoms with Crippen molar-refractivity contribution in [3.05, 3.63) is 96.2 Å². The van der Waals surface area contributed by atoms with Crippen molar-refractivity contribution < 1.29 is 37.0 Å². The lowest BCUT2D eigenvalue weighted by Crippen LogP contribution is -2.36. The number of benzene rings is 4. The fourth-order valence-corrected chi connectivity index (χ4v) is 7.38. The van der Waals surface area contributed by atoms with Gasteiger partial charge in [-0.25, -0.2) is 18.2 Å². The first-order valence-corrected chi connectivity index (χ1v) is 21.0. The first-order valence-electron chi connectivity index (χ1n) is 19.1. The summed E-state index contributed by atoms with van der Waals surface area (Å²) in [5.74, 6) is 1.74. The minimum atomic E-state index is -3.72. The molecule has 0 aliphatic carbocycles. The lowest BCUT2D eigenvalue weighted by molar-refractivity contribution is 0.0944. The average Bonchev–Trinajstić information content (AvgIpc) is 3.46. The number of nitrogens with one attached hydrogen (secondary N) is 3. The first kappa shape index (κ1) is 42.5. The van der Waals surface area contributed by atoms with Crippen LogP contribution >= 0.6 is 0 Å². The minimum absolute atomic E-state index is 0.119. The second-order valence-electron chi connectivity index (χ2n) is 15.1. The lowest BCUT2D eigenvalue weighted by atomic mass is 9.86. The topological polar surface area (TPSA) is 187 Å². The van der Waals surface area contributed by atoms with Gasteiger partial charge in [0.2, 0.25) is 10.0 Å². The van der Waals surface area contributed by atoms with Crippen molar-refractivity contribution in [3.63, 3.8) is 0 Å². The van der Waals surface area contributed by atoms with Crippen molar-refractivity contribution in [2.75, 3.05) is 74.8 Å². The fourth-order valence-electron chi connectivity index (χ4n) is 6.83. The zero-order valence-electron chi connectivity index (χ0n) is 34.1.